The van der Waals surface area contributed by atoms with Crippen molar-refractivity contribution in [3.8, 4) is 0 Å². The van der Waals surface area contributed by atoms with Gasteiger partial charge in [-0.2, -0.15) is 0 Å². The Kier molecular flexibility index (Phi) is 4.05. The number of nitrogens with zero attached hydrogens (tertiary/aromatic N) is 2. The van der Waals surface area contributed by atoms with Crippen LogP contribution < -0.4 is 10.2 Å². The van der Waals surface area contributed by atoms with Gasteiger partial charge in [0.15, 0.2) is 5.13 Å². The lowest BCUT2D eigenvalue weighted by Crippen LogP contribution is -2.38. The largest absolute Gasteiger partial charge is 0.348 e. The van der Waals surface area contributed by atoms with Crippen LogP contribution in [0.4, 0.5) is 5.13 Å². The maximum Gasteiger partial charge on any atom is 0.185 e. The Bertz CT molecular complexity index is 353. The predicted molar refractivity (Wildman–Crippen MR) is 74.7 cm³/mol. The molecule has 1 aromatic rings. The van der Waals surface area contributed by atoms with Crippen LogP contribution in [0.1, 0.15) is 38.0 Å². The second-order valence-corrected chi connectivity index (χ2v) is 6.38. The van der Waals surface area contributed by atoms with Gasteiger partial charge >= 0.3 is 0 Å². The van der Waals surface area contributed by atoms with E-state index in [4.69, 9.17) is 0 Å². The van der Waals surface area contributed by atoms with Gasteiger partial charge in [-0.25, -0.2) is 4.98 Å². The molecule has 2 rings (SSSR count). The summed E-state index contributed by atoms with van der Waals surface area (Å²) in [6.07, 6.45) is 5.89. The van der Waals surface area contributed by atoms with Gasteiger partial charge in [0.05, 0.1) is 0 Å². The zero-order valence-electron chi connectivity index (χ0n) is 11.1. The van der Waals surface area contributed by atoms with E-state index in [1.54, 1.807) is 0 Å². The Labute approximate surface area is 108 Å². The number of piperidine rings is 1. The molecule has 0 unspecified atom stereocenters. The first kappa shape index (κ1) is 12.8. The van der Waals surface area contributed by atoms with E-state index in [0.29, 0.717) is 5.41 Å². The number of anilines is 1. The molecule has 1 aliphatic rings. The summed E-state index contributed by atoms with van der Waals surface area (Å²) in [6, 6.07) is 0. The maximum absolute atomic E-state index is 4.54. The third-order valence-electron chi connectivity index (χ3n) is 3.99. The lowest BCUT2D eigenvalue weighted by atomic mass is 9.78. The van der Waals surface area contributed by atoms with Crippen molar-refractivity contribution in [3.63, 3.8) is 0 Å². The Morgan fingerprint density at radius 2 is 2.18 bits per heavy atom. The lowest BCUT2D eigenvalue weighted by Gasteiger charge is -2.38. The monoisotopic (exact) mass is 253 g/mol. The second kappa shape index (κ2) is 5.36. The van der Waals surface area contributed by atoms with Crippen LogP contribution in [0, 0.1) is 5.41 Å². The highest BCUT2D eigenvalue weighted by atomic mass is 32.1. The Hall–Kier alpha value is -0.610. The average molecular weight is 253 g/mol. The summed E-state index contributed by atoms with van der Waals surface area (Å²) in [7, 11) is 1.98. The third kappa shape index (κ3) is 2.99. The van der Waals surface area contributed by atoms with E-state index in [0.717, 1.165) is 19.6 Å². The van der Waals surface area contributed by atoms with Gasteiger partial charge in [-0.15, -0.1) is 11.3 Å². The SMILES string of the molecule is CCC1(C)CCN(c2ncc(CNC)s2)CC1. The van der Waals surface area contributed by atoms with Crippen LogP contribution in [0.15, 0.2) is 6.20 Å². The van der Waals surface area contributed by atoms with Crippen LogP contribution in [0.2, 0.25) is 0 Å². The summed E-state index contributed by atoms with van der Waals surface area (Å²) in [5.41, 5.74) is 0.557. The summed E-state index contributed by atoms with van der Waals surface area (Å²) in [5, 5.41) is 4.38. The molecule has 17 heavy (non-hydrogen) atoms. The van der Waals surface area contributed by atoms with Gasteiger partial charge in [-0.3, -0.25) is 0 Å². The molecule has 1 fully saturated rings. The van der Waals surface area contributed by atoms with Gasteiger partial charge in [-0.05, 0) is 25.3 Å². The molecule has 0 aliphatic carbocycles. The Morgan fingerprint density at radius 3 is 2.76 bits per heavy atom. The molecule has 1 N–H and O–H groups in total. The number of nitrogens with one attached hydrogen (secondary N) is 1. The number of rotatable bonds is 4. The van der Waals surface area contributed by atoms with Gasteiger partial charge in [0.1, 0.15) is 0 Å². The van der Waals surface area contributed by atoms with Crippen LogP contribution >= 0.6 is 11.3 Å². The Morgan fingerprint density at radius 1 is 1.47 bits per heavy atom. The van der Waals surface area contributed by atoms with E-state index in [2.05, 4.69) is 29.0 Å². The van der Waals surface area contributed by atoms with Crippen LogP contribution in [-0.2, 0) is 6.54 Å². The van der Waals surface area contributed by atoms with Crippen LogP contribution in [0.3, 0.4) is 0 Å². The van der Waals surface area contributed by atoms with Gasteiger partial charge in [0, 0.05) is 30.7 Å². The molecule has 3 nitrogen and oxygen atoms in total. The van der Waals surface area contributed by atoms with E-state index in [1.807, 2.05) is 24.6 Å². The minimum Gasteiger partial charge on any atom is -0.348 e. The highest BCUT2D eigenvalue weighted by Gasteiger charge is 2.29. The quantitative estimate of drug-likeness (QED) is 0.894. The predicted octanol–water partition coefficient (Wildman–Crippen LogP) is 2.88. The summed E-state index contributed by atoms with van der Waals surface area (Å²) < 4.78 is 0. The first-order valence-electron chi connectivity index (χ1n) is 6.51. The van der Waals surface area contributed by atoms with E-state index in [-0.39, 0.29) is 0 Å². The van der Waals surface area contributed by atoms with Crippen molar-refractivity contribution in [2.75, 3.05) is 25.0 Å². The molecule has 0 spiro atoms. The summed E-state index contributed by atoms with van der Waals surface area (Å²) in [5.74, 6) is 0. The van der Waals surface area contributed by atoms with Crippen molar-refractivity contribution < 1.29 is 0 Å². The molecule has 0 radical (unpaired) electrons. The fourth-order valence-corrected chi connectivity index (χ4v) is 3.26. The molecular formula is C13H23N3S. The number of hydrogen-bond acceptors (Lipinski definition) is 4. The van der Waals surface area contributed by atoms with Gasteiger partial charge in [0.2, 0.25) is 0 Å². The van der Waals surface area contributed by atoms with Crippen LogP contribution in [0.25, 0.3) is 0 Å². The molecule has 4 heteroatoms. The maximum atomic E-state index is 4.54. The van der Waals surface area contributed by atoms with Crippen molar-refractivity contribution in [1.82, 2.24) is 10.3 Å². The minimum absolute atomic E-state index is 0.557. The van der Waals surface area contributed by atoms with E-state index >= 15 is 0 Å². The van der Waals surface area contributed by atoms with Crippen LogP contribution in [0.5, 0.6) is 0 Å². The molecule has 0 saturated carbocycles. The van der Waals surface area contributed by atoms with Crippen molar-refractivity contribution in [3.05, 3.63) is 11.1 Å². The molecule has 96 valence electrons. The topological polar surface area (TPSA) is 28.2 Å². The van der Waals surface area contributed by atoms with E-state index < -0.39 is 0 Å². The van der Waals surface area contributed by atoms with Gasteiger partial charge in [0.25, 0.3) is 0 Å². The van der Waals surface area contributed by atoms with Gasteiger partial charge < -0.3 is 10.2 Å². The summed E-state index contributed by atoms with van der Waals surface area (Å²) >= 11 is 1.82. The third-order valence-corrected chi connectivity index (χ3v) is 5.05. The minimum atomic E-state index is 0.557. The molecule has 0 atom stereocenters. The Balaban J connectivity index is 1.95. The first-order chi connectivity index (χ1) is 8.17. The van der Waals surface area contributed by atoms with Gasteiger partial charge in [-0.1, -0.05) is 20.3 Å². The highest BCUT2D eigenvalue weighted by Crippen LogP contribution is 2.36. The fraction of sp³-hybridized carbons (Fsp3) is 0.769. The molecule has 0 bridgehead atoms. The summed E-state index contributed by atoms with van der Waals surface area (Å²) in [4.78, 5) is 8.31. The molecule has 0 amide bonds. The number of hydrogen-bond donors (Lipinski definition) is 1. The first-order valence-corrected chi connectivity index (χ1v) is 7.33. The molecule has 1 saturated heterocycles. The standard InChI is InChI=1S/C13H23N3S/c1-4-13(2)5-7-16(8-6-13)12-15-10-11(17-12)9-14-3/h10,14H,4-9H2,1-3H3. The molecular weight excluding hydrogens is 230 g/mol. The van der Waals surface area contributed by atoms with Crippen molar-refractivity contribution in [2.24, 2.45) is 5.41 Å². The second-order valence-electron chi connectivity index (χ2n) is 5.29. The number of aromatic nitrogens is 1. The normalized spacial score (nSPS) is 19.6. The zero-order valence-corrected chi connectivity index (χ0v) is 11.9. The molecule has 1 aliphatic heterocycles. The molecule has 0 aromatic carbocycles. The zero-order chi connectivity index (χ0) is 12.3. The van der Waals surface area contributed by atoms with E-state index in [9.17, 15) is 0 Å². The smallest absolute Gasteiger partial charge is 0.185 e. The van der Waals surface area contributed by atoms with Crippen molar-refractivity contribution in [1.29, 1.82) is 0 Å². The lowest BCUT2D eigenvalue weighted by molar-refractivity contribution is 0.238. The highest BCUT2D eigenvalue weighted by molar-refractivity contribution is 7.15. The summed E-state index contributed by atoms with van der Waals surface area (Å²) in [6.45, 7) is 7.98. The molecule has 2 heterocycles. The fourth-order valence-electron chi connectivity index (χ4n) is 2.29. The van der Waals surface area contributed by atoms with Crippen LogP contribution in [-0.4, -0.2) is 25.1 Å². The molecule has 1 aromatic heterocycles. The average Bonchev–Trinajstić information content (AvgIpc) is 2.79. The van der Waals surface area contributed by atoms with Crippen molar-refractivity contribution in [2.45, 2.75) is 39.7 Å². The van der Waals surface area contributed by atoms with Crippen molar-refractivity contribution >= 4 is 16.5 Å². The van der Waals surface area contributed by atoms with E-state index in [1.165, 1.54) is 29.3 Å². The number of thiazole rings is 1.